The molecule has 0 radical (unpaired) electrons. The van der Waals surface area contributed by atoms with Crippen LogP contribution in [0, 0.1) is 22.2 Å². The number of allylic oxidation sites excluding steroid dienone is 2. The van der Waals surface area contributed by atoms with Gasteiger partial charge in [0.25, 0.3) is 0 Å². The molecule has 0 amide bonds. The molecule has 1 rings (SSSR count). The zero-order valence-electron chi connectivity index (χ0n) is 16.6. The van der Waals surface area contributed by atoms with E-state index in [1.54, 1.807) is 0 Å². The molecule has 0 aromatic carbocycles. The number of rotatable bonds is 4. The van der Waals surface area contributed by atoms with E-state index in [9.17, 15) is 9.90 Å². The minimum Gasteiger partial charge on any atom is -0.478 e. The molecular weight excluding hydrogens is 284 g/mol. The predicted molar refractivity (Wildman–Crippen MR) is 98.5 cm³/mol. The lowest BCUT2D eigenvalue weighted by molar-refractivity contribution is -0.132. The van der Waals surface area contributed by atoms with E-state index in [2.05, 4.69) is 54.5 Å². The lowest BCUT2D eigenvalue weighted by Gasteiger charge is -2.46. The quantitative estimate of drug-likeness (QED) is 0.666. The van der Waals surface area contributed by atoms with Crippen LogP contribution in [0.25, 0.3) is 0 Å². The van der Waals surface area contributed by atoms with E-state index >= 15 is 0 Å². The van der Waals surface area contributed by atoms with Crippen LogP contribution in [0.1, 0.15) is 81.6 Å². The van der Waals surface area contributed by atoms with Crippen LogP contribution in [0.4, 0.5) is 0 Å². The molecule has 0 fully saturated rings. The van der Waals surface area contributed by atoms with E-state index in [0.29, 0.717) is 11.5 Å². The molecule has 0 aliphatic heterocycles. The van der Waals surface area contributed by atoms with Crippen molar-refractivity contribution in [2.24, 2.45) is 22.2 Å². The average molecular weight is 321 g/mol. The monoisotopic (exact) mass is 320 g/mol. The van der Waals surface area contributed by atoms with Gasteiger partial charge in [-0.15, -0.1) is 0 Å². The second kappa shape index (κ2) is 6.45. The maximum Gasteiger partial charge on any atom is 0.335 e. The molecule has 0 aromatic heterocycles. The van der Waals surface area contributed by atoms with Gasteiger partial charge in [0.05, 0.1) is 5.57 Å². The van der Waals surface area contributed by atoms with Crippen LogP contribution in [0.3, 0.4) is 0 Å². The van der Waals surface area contributed by atoms with Gasteiger partial charge in [0.2, 0.25) is 0 Å². The number of carbonyl (C=O) groups is 1. The van der Waals surface area contributed by atoms with Crippen molar-refractivity contribution in [1.82, 2.24) is 0 Å². The third-order valence-corrected chi connectivity index (χ3v) is 4.78. The highest BCUT2D eigenvalue weighted by Crippen LogP contribution is 2.51. The van der Waals surface area contributed by atoms with Crippen LogP contribution in [0.15, 0.2) is 22.8 Å². The first-order valence-electron chi connectivity index (χ1n) is 8.76. The SMILES string of the molecule is CC1=CC(C(C)(CC(C)(C)C)CC(C)(C)C)CC(C)=C1C(=O)O. The third-order valence-electron chi connectivity index (χ3n) is 4.78. The third kappa shape index (κ3) is 5.51. The topological polar surface area (TPSA) is 37.3 Å². The molecule has 1 unspecified atom stereocenters. The van der Waals surface area contributed by atoms with Gasteiger partial charge in [-0.1, -0.05) is 60.1 Å². The van der Waals surface area contributed by atoms with Gasteiger partial charge in [-0.2, -0.15) is 0 Å². The lowest BCUT2D eigenvalue weighted by atomic mass is 9.59. The summed E-state index contributed by atoms with van der Waals surface area (Å²) in [4.78, 5) is 11.5. The molecule has 0 heterocycles. The Balaban J connectivity index is 3.23. The van der Waals surface area contributed by atoms with E-state index in [-0.39, 0.29) is 16.2 Å². The van der Waals surface area contributed by atoms with Crippen molar-refractivity contribution >= 4 is 5.97 Å². The largest absolute Gasteiger partial charge is 0.478 e. The Labute approximate surface area is 143 Å². The summed E-state index contributed by atoms with van der Waals surface area (Å²) in [6, 6.07) is 0. The van der Waals surface area contributed by atoms with Crippen LogP contribution in [-0.2, 0) is 4.79 Å². The minimum absolute atomic E-state index is 0.170. The van der Waals surface area contributed by atoms with Gasteiger partial charge in [0.15, 0.2) is 0 Å². The number of hydrogen-bond acceptors (Lipinski definition) is 1. The first-order valence-corrected chi connectivity index (χ1v) is 8.76. The summed E-state index contributed by atoms with van der Waals surface area (Å²) in [6.07, 6.45) is 5.37. The van der Waals surface area contributed by atoms with E-state index in [1.807, 2.05) is 13.8 Å². The fraction of sp³-hybridized carbons (Fsp3) is 0.762. The highest BCUT2D eigenvalue weighted by atomic mass is 16.4. The van der Waals surface area contributed by atoms with Crippen LogP contribution < -0.4 is 0 Å². The van der Waals surface area contributed by atoms with E-state index in [1.165, 1.54) is 0 Å². The molecule has 2 nitrogen and oxygen atoms in total. The first kappa shape index (κ1) is 20.0. The van der Waals surface area contributed by atoms with Gasteiger partial charge < -0.3 is 5.11 Å². The highest BCUT2D eigenvalue weighted by Gasteiger charge is 2.41. The molecule has 0 spiro atoms. The fourth-order valence-corrected chi connectivity index (χ4v) is 4.76. The van der Waals surface area contributed by atoms with Gasteiger partial charge in [-0.05, 0) is 60.8 Å². The second-order valence-corrected chi connectivity index (χ2v) is 10.2. The van der Waals surface area contributed by atoms with Gasteiger partial charge in [-0.3, -0.25) is 0 Å². The normalized spacial score (nSPS) is 20.6. The molecule has 1 N–H and O–H groups in total. The Morgan fingerprint density at radius 1 is 1.04 bits per heavy atom. The summed E-state index contributed by atoms with van der Waals surface area (Å²) in [5.41, 5.74) is 3.16. The standard InChI is InChI=1S/C21H36O2/c1-14-10-16(11-15(2)17(14)18(22)23)21(9,12-19(3,4)5)13-20(6,7)8/h10,16H,11-13H2,1-9H3,(H,22,23). The zero-order valence-corrected chi connectivity index (χ0v) is 16.6. The molecule has 0 bridgehead atoms. The Bertz CT molecular complexity index is 505. The summed E-state index contributed by atoms with van der Waals surface area (Å²) in [7, 11) is 0. The Morgan fingerprint density at radius 2 is 1.48 bits per heavy atom. The number of carboxylic acid groups (broad SMARTS) is 1. The van der Waals surface area contributed by atoms with Gasteiger partial charge in [0, 0.05) is 0 Å². The van der Waals surface area contributed by atoms with Crippen LogP contribution in [-0.4, -0.2) is 11.1 Å². The molecule has 0 saturated heterocycles. The second-order valence-electron chi connectivity index (χ2n) is 10.2. The summed E-state index contributed by atoms with van der Waals surface area (Å²) in [5.74, 6) is -0.382. The molecule has 1 aliphatic rings. The summed E-state index contributed by atoms with van der Waals surface area (Å²) < 4.78 is 0. The molecule has 132 valence electrons. The molecule has 1 atom stereocenters. The Morgan fingerprint density at radius 3 is 1.78 bits per heavy atom. The molecule has 0 saturated carbocycles. The zero-order chi connectivity index (χ0) is 18.2. The first-order chi connectivity index (χ1) is 10.1. The summed E-state index contributed by atoms with van der Waals surface area (Å²) >= 11 is 0. The van der Waals surface area contributed by atoms with Gasteiger partial charge in [-0.25, -0.2) is 4.79 Å². The highest BCUT2D eigenvalue weighted by molar-refractivity contribution is 5.92. The van der Waals surface area contributed by atoms with Crippen molar-refractivity contribution in [1.29, 1.82) is 0 Å². The van der Waals surface area contributed by atoms with Crippen LogP contribution in [0.5, 0.6) is 0 Å². The Hall–Kier alpha value is -1.05. The van der Waals surface area contributed by atoms with Crippen LogP contribution >= 0.6 is 0 Å². The smallest absolute Gasteiger partial charge is 0.335 e. The van der Waals surface area contributed by atoms with Gasteiger partial charge >= 0.3 is 5.97 Å². The average Bonchev–Trinajstić information content (AvgIpc) is 2.21. The molecule has 1 aliphatic carbocycles. The van der Waals surface area contributed by atoms with Crippen molar-refractivity contribution in [3.05, 3.63) is 22.8 Å². The van der Waals surface area contributed by atoms with Crippen LogP contribution in [0.2, 0.25) is 0 Å². The van der Waals surface area contributed by atoms with Crippen molar-refractivity contribution in [3.63, 3.8) is 0 Å². The van der Waals surface area contributed by atoms with Crippen molar-refractivity contribution < 1.29 is 9.90 Å². The number of hydrogen-bond donors (Lipinski definition) is 1. The minimum atomic E-state index is -0.789. The fourth-order valence-electron chi connectivity index (χ4n) is 4.76. The summed E-state index contributed by atoms with van der Waals surface area (Å²) in [5, 5.41) is 9.44. The Kier molecular flexibility index (Phi) is 5.61. The van der Waals surface area contributed by atoms with Crippen molar-refractivity contribution in [2.45, 2.75) is 81.6 Å². The summed E-state index contributed by atoms with van der Waals surface area (Å²) in [6.45, 7) is 20.2. The van der Waals surface area contributed by atoms with Crippen molar-refractivity contribution in [2.75, 3.05) is 0 Å². The number of aliphatic carboxylic acids is 1. The predicted octanol–water partition coefficient (Wildman–Crippen LogP) is 6.23. The molecule has 0 aromatic rings. The molecular formula is C21H36O2. The van der Waals surface area contributed by atoms with E-state index in [0.717, 1.165) is 30.4 Å². The van der Waals surface area contributed by atoms with E-state index < -0.39 is 5.97 Å². The van der Waals surface area contributed by atoms with Crippen molar-refractivity contribution in [3.8, 4) is 0 Å². The van der Waals surface area contributed by atoms with E-state index in [4.69, 9.17) is 0 Å². The molecule has 2 heteroatoms. The maximum absolute atomic E-state index is 11.5. The lowest BCUT2D eigenvalue weighted by Crippen LogP contribution is -2.36. The molecule has 23 heavy (non-hydrogen) atoms. The maximum atomic E-state index is 11.5. The van der Waals surface area contributed by atoms with Gasteiger partial charge in [0.1, 0.15) is 0 Å². The number of carboxylic acids is 1.